The molecule has 0 saturated carbocycles. The Morgan fingerprint density at radius 1 is 0.933 bits per heavy atom. The van der Waals surface area contributed by atoms with Gasteiger partial charge in [0.05, 0.1) is 22.2 Å². The first-order valence-electron chi connectivity index (χ1n) is 8.84. The van der Waals surface area contributed by atoms with Gasteiger partial charge in [-0.1, -0.05) is 34.1 Å². The second kappa shape index (κ2) is 7.02. The lowest BCUT2D eigenvalue weighted by atomic mass is 10.1. The van der Waals surface area contributed by atoms with Gasteiger partial charge in [-0.25, -0.2) is 4.79 Å². The van der Waals surface area contributed by atoms with E-state index >= 15 is 0 Å². The molecule has 0 atom stereocenters. The van der Waals surface area contributed by atoms with Gasteiger partial charge in [-0.15, -0.1) is 0 Å². The summed E-state index contributed by atoms with van der Waals surface area (Å²) in [6.45, 7) is 0. The predicted molar refractivity (Wildman–Crippen MR) is 112 cm³/mol. The largest absolute Gasteiger partial charge is 0.416 e. The quantitative estimate of drug-likeness (QED) is 0.427. The summed E-state index contributed by atoms with van der Waals surface area (Å²) in [6, 6.07) is 11.9. The lowest BCUT2D eigenvalue weighted by Crippen LogP contribution is -2.36. The Morgan fingerprint density at radius 2 is 1.63 bits per heavy atom. The third-order valence-corrected chi connectivity index (χ3v) is 5.48. The van der Waals surface area contributed by atoms with Crippen LogP contribution in [0.2, 0.25) is 0 Å². The molecule has 2 aromatic heterocycles. The third kappa shape index (κ3) is 3.19. The highest BCUT2D eigenvalue weighted by Gasteiger charge is 2.31. The maximum atomic E-state index is 13.3. The smallest absolute Gasteiger partial charge is 0.314 e. The molecular formula is C21H15BrF3N3O2. The van der Waals surface area contributed by atoms with Crippen molar-refractivity contribution in [3.8, 4) is 16.9 Å². The van der Waals surface area contributed by atoms with E-state index in [0.29, 0.717) is 16.8 Å². The van der Waals surface area contributed by atoms with Crippen LogP contribution in [0.15, 0.2) is 68.8 Å². The van der Waals surface area contributed by atoms with Crippen LogP contribution in [0.1, 0.15) is 5.56 Å². The number of fused-ring (bicyclic) bond motifs is 1. The van der Waals surface area contributed by atoms with Gasteiger partial charge in [-0.05, 0) is 30.3 Å². The molecule has 5 nitrogen and oxygen atoms in total. The number of aromatic nitrogens is 3. The van der Waals surface area contributed by atoms with Crippen LogP contribution in [0.5, 0.6) is 0 Å². The van der Waals surface area contributed by atoms with Gasteiger partial charge in [0.2, 0.25) is 0 Å². The standard InChI is InChI=1S/C21H15BrF3N3O2/c1-26-16-11-28(15-8-4-6-13(10-15)21(23,24)25)18(12-5-3-7-14(22)9-12)17(16)19(29)27(2)20(26)30/h3-11H,1-2H3. The SMILES string of the molecule is Cn1c(=O)c2c(-c3cccc(Br)c3)n(-c3cccc(C(F)(F)F)c3)cc2n(C)c1=O. The summed E-state index contributed by atoms with van der Waals surface area (Å²) >= 11 is 3.39. The number of benzene rings is 2. The van der Waals surface area contributed by atoms with E-state index in [1.54, 1.807) is 24.3 Å². The van der Waals surface area contributed by atoms with Gasteiger partial charge in [-0.2, -0.15) is 13.2 Å². The zero-order chi connectivity index (χ0) is 21.8. The van der Waals surface area contributed by atoms with Crippen LogP contribution in [0.25, 0.3) is 27.8 Å². The Labute approximate surface area is 176 Å². The van der Waals surface area contributed by atoms with Gasteiger partial charge < -0.3 is 4.57 Å². The van der Waals surface area contributed by atoms with Crippen molar-refractivity contribution in [3.05, 3.63) is 85.6 Å². The molecular weight excluding hydrogens is 463 g/mol. The van der Waals surface area contributed by atoms with Gasteiger partial charge in [0.1, 0.15) is 0 Å². The molecule has 2 aromatic carbocycles. The van der Waals surface area contributed by atoms with E-state index in [0.717, 1.165) is 21.2 Å². The average molecular weight is 478 g/mol. The van der Waals surface area contributed by atoms with E-state index < -0.39 is 23.0 Å². The van der Waals surface area contributed by atoms with E-state index in [1.165, 1.54) is 41.6 Å². The van der Waals surface area contributed by atoms with Crippen LogP contribution in [0.3, 0.4) is 0 Å². The maximum absolute atomic E-state index is 13.3. The maximum Gasteiger partial charge on any atom is 0.416 e. The van der Waals surface area contributed by atoms with E-state index in [9.17, 15) is 22.8 Å². The summed E-state index contributed by atoms with van der Waals surface area (Å²) in [7, 11) is 2.89. The monoisotopic (exact) mass is 477 g/mol. The molecule has 0 aliphatic carbocycles. The minimum absolute atomic E-state index is 0.227. The molecule has 154 valence electrons. The van der Waals surface area contributed by atoms with Crippen LogP contribution >= 0.6 is 15.9 Å². The van der Waals surface area contributed by atoms with Gasteiger partial charge in [-0.3, -0.25) is 13.9 Å². The molecule has 0 N–H and O–H groups in total. The summed E-state index contributed by atoms with van der Waals surface area (Å²) in [4.78, 5) is 25.4. The molecule has 0 radical (unpaired) electrons. The summed E-state index contributed by atoms with van der Waals surface area (Å²) in [5, 5.41) is 0.245. The Kier molecular flexibility index (Phi) is 4.73. The minimum atomic E-state index is -4.51. The van der Waals surface area contributed by atoms with E-state index in [1.807, 2.05) is 0 Å². The lowest BCUT2D eigenvalue weighted by molar-refractivity contribution is -0.137. The molecule has 4 aromatic rings. The van der Waals surface area contributed by atoms with Crippen molar-refractivity contribution in [2.24, 2.45) is 14.1 Å². The molecule has 0 unspecified atom stereocenters. The molecule has 30 heavy (non-hydrogen) atoms. The Balaban J connectivity index is 2.17. The molecule has 0 amide bonds. The van der Waals surface area contributed by atoms with Crippen LogP contribution in [-0.2, 0) is 20.3 Å². The van der Waals surface area contributed by atoms with E-state index in [-0.39, 0.29) is 11.1 Å². The third-order valence-electron chi connectivity index (χ3n) is 4.99. The Bertz CT molecular complexity index is 1410. The highest BCUT2D eigenvalue weighted by Crippen LogP contribution is 2.35. The van der Waals surface area contributed by atoms with Crippen LogP contribution < -0.4 is 11.2 Å². The number of aryl methyl sites for hydroxylation is 1. The summed E-state index contributed by atoms with van der Waals surface area (Å²) in [5.41, 5.74) is -0.265. The predicted octanol–water partition coefficient (Wildman–Crippen LogP) is 4.48. The fourth-order valence-corrected chi connectivity index (χ4v) is 3.90. The summed E-state index contributed by atoms with van der Waals surface area (Å²) in [5.74, 6) is 0. The van der Waals surface area contributed by atoms with Crippen molar-refractivity contribution >= 4 is 26.8 Å². The zero-order valence-electron chi connectivity index (χ0n) is 15.9. The van der Waals surface area contributed by atoms with Crippen molar-refractivity contribution < 1.29 is 13.2 Å². The first-order valence-corrected chi connectivity index (χ1v) is 9.63. The van der Waals surface area contributed by atoms with Crippen molar-refractivity contribution in [1.29, 1.82) is 0 Å². The molecule has 9 heteroatoms. The van der Waals surface area contributed by atoms with Gasteiger partial charge >= 0.3 is 11.9 Å². The number of halogens is 4. The number of hydrogen-bond acceptors (Lipinski definition) is 2. The normalized spacial score (nSPS) is 11.9. The van der Waals surface area contributed by atoms with Crippen LogP contribution in [-0.4, -0.2) is 13.7 Å². The van der Waals surface area contributed by atoms with Crippen molar-refractivity contribution in [3.63, 3.8) is 0 Å². The van der Waals surface area contributed by atoms with E-state index in [4.69, 9.17) is 0 Å². The summed E-state index contributed by atoms with van der Waals surface area (Å²) < 4.78 is 44.4. The van der Waals surface area contributed by atoms with Crippen LogP contribution in [0.4, 0.5) is 13.2 Å². The highest BCUT2D eigenvalue weighted by atomic mass is 79.9. The average Bonchev–Trinajstić information content (AvgIpc) is 3.11. The molecule has 0 saturated heterocycles. The second-order valence-corrected chi connectivity index (χ2v) is 7.79. The molecule has 0 aliphatic rings. The number of nitrogens with zero attached hydrogens (tertiary/aromatic N) is 3. The first kappa shape index (κ1) is 20.2. The molecule has 0 fully saturated rings. The Morgan fingerprint density at radius 3 is 2.30 bits per heavy atom. The lowest BCUT2D eigenvalue weighted by Gasteiger charge is -2.13. The van der Waals surface area contributed by atoms with Gasteiger partial charge in [0, 0.05) is 36.0 Å². The Hall–Kier alpha value is -3.07. The second-order valence-electron chi connectivity index (χ2n) is 6.87. The fourth-order valence-electron chi connectivity index (χ4n) is 3.50. The number of rotatable bonds is 2. The summed E-state index contributed by atoms with van der Waals surface area (Å²) in [6.07, 6.45) is -2.99. The molecule has 0 aliphatic heterocycles. The van der Waals surface area contributed by atoms with Crippen molar-refractivity contribution in [2.75, 3.05) is 0 Å². The zero-order valence-corrected chi connectivity index (χ0v) is 17.5. The van der Waals surface area contributed by atoms with Gasteiger partial charge in [0.15, 0.2) is 0 Å². The number of hydrogen-bond donors (Lipinski definition) is 0. The molecule has 0 bridgehead atoms. The minimum Gasteiger partial charge on any atom is -0.314 e. The topological polar surface area (TPSA) is 48.9 Å². The molecule has 2 heterocycles. The molecule has 4 rings (SSSR count). The molecule has 0 spiro atoms. The number of alkyl halides is 3. The van der Waals surface area contributed by atoms with Crippen molar-refractivity contribution in [2.45, 2.75) is 6.18 Å². The highest BCUT2D eigenvalue weighted by molar-refractivity contribution is 9.10. The van der Waals surface area contributed by atoms with Crippen LogP contribution in [0, 0.1) is 0 Å². The van der Waals surface area contributed by atoms with Gasteiger partial charge in [0.25, 0.3) is 5.56 Å². The van der Waals surface area contributed by atoms with Crippen molar-refractivity contribution in [1.82, 2.24) is 13.7 Å². The fraction of sp³-hybridized carbons (Fsp3) is 0.143. The van der Waals surface area contributed by atoms with E-state index in [2.05, 4.69) is 15.9 Å². The first-order chi connectivity index (χ1) is 14.1.